The number of nitrogens with one attached hydrogen (secondary N) is 1. The Morgan fingerprint density at radius 2 is 1.80 bits per heavy atom. The van der Waals surface area contributed by atoms with E-state index in [4.69, 9.17) is 9.47 Å². The predicted octanol–water partition coefficient (Wildman–Crippen LogP) is 3.34. The van der Waals surface area contributed by atoms with Crippen molar-refractivity contribution in [3.63, 3.8) is 0 Å². The second-order valence-electron chi connectivity index (χ2n) is 6.98. The lowest BCUT2D eigenvalue weighted by Crippen LogP contribution is -2.38. The van der Waals surface area contributed by atoms with E-state index < -0.39 is 10.0 Å². The van der Waals surface area contributed by atoms with Gasteiger partial charge in [-0.3, -0.25) is 9.10 Å². The average molecular weight is 433 g/mol. The van der Waals surface area contributed by atoms with Crippen molar-refractivity contribution in [1.29, 1.82) is 0 Å². The molecule has 7 nitrogen and oxygen atoms in total. The van der Waals surface area contributed by atoms with Gasteiger partial charge < -0.3 is 14.8 Å². The maximum absolute atomic E-state index is 12.7. The molecular weight excluding hydrogens is 404 g/mol. The van der Waals surface area contributed by atoms with E-state index >= 15 is 0 Å². The molecule has 0 aromatic heterocycles. The first-order valence-corrected chi connectivity index (χ1v) is 11.8. The van der Waals surface area contributed by atoms with E-state index in [9.17, 15) is 13.2 Å². The lowest BCUT2D eigenvalue weighted by molar-refractivity contribution is 0.0951. The fourth-order valence-corrected chi connectivity index (χ4v) is 5.00. The van der Waals surface area contributed by atoms with Crippen LogP contribution in [-0.2, 0) is 16.6 Å². The van der Waals surface area contributed by atoms with Crippen molar-refractivity contribution < 1.29 is 22.7 Å². The smallest absolute Gasteiger partial charge is 0.251 e. The number of nitrogens with zero attached hydrogens (tertiary/aromatic N) is 1. The molecular formula is C22H28N2O5S. The molecule has 2 aromatic rings. The van der Waals surface area contributed by atoms with Crippen LogP contribution in [0, 0.1) is 0 Å². The van der Waals surface area contributed by atoms with Crippen molar-refractivity contribution in [1.82, 2.24) is 5.32 Å². The van der Waals surface area contributed by atoms with Crippen LogP contribution in [0.3, 0.4) is 0 Å². The first-order chi connectivity index (χ1) is 14.4. The van der Waals surface area contributed by atoms with E-state index in [-0.39, 0.29) is 11.7 Å². The molecule has 30 heavy (non-hydrogen) atoms. The highest BCUT2D eigenvalue weighted by Crippen LogP contribution is 2.29. The van der Waals surface area contributed by atoms with Gasteiger partial charge in [-0.1, -0.05) is 12.1 Å². The molecule has 0 atom stereocenters. The van der Waals surface area contributed by atoms with Crippen molar-refractivity contribution in [2.24, 2.45) is 0 Å². The normalized spacial score (nSPS) is 15.5. The number of sulfonamides is 1. The van der Waals surface area contributed by atoms with E-state index in [1.807, 2.05) is 32.0 Å². The SMILES string of the molecule is CCOc1ccc(CNC(=O)c2cccc(N3CCCCS3(=O)=O)c2)cc1OCC. The summed E-state index contributed by atoms with van der Waals surface area (Å²) in [7, 11) is -3.32. The van der Waals surface area contributed by atoms with Gasteiger partial charge in [-0.15, -0.1) is 0 Å². The Hall–Kier alpha value is -2.74. The Morgan fingerprint density at radius 3 is 2.53 bits per heavy atom. The Labute approximate surface area is 178 Å². The van der Waals surface area contributed by atoms with E-state index in [1.165, 1.54) is 4.31 Å². The fraction of sp³-hybridized carbons (Fsp3) is 0.409. The lowest BCUT2D eigenvalue weighted by Gasteiger charge is -2.28. The number of rotatable bonds is 8. The highest BCUT2D eigenvalue weighted by molar-refractivity contribution is 7.92. The number of hydrogen-bond acceptors (Lipinski definition) is 5. The number of amides is 1. The molecule has 1 aliphatic heterocycles. The molecule has 0 radical (unpaired) electrons. The van der Waals surface area contributed by atoms with Gasteiger partial charge in [-0.2, -0.15) is 0 Å². The molecule has 0 spiro atoms. The first kappa shape index (κ1) is 22.0. The van der Waals surface area contributed by atoms with Gasteiger partial charge in [0.05, 0.1) is 24.7 Å². The number of carbonyl (C=O) groups is 1. The fourth-order valence-electron chi connectivity index (χ4n) is 3.37. The summed E-state index contributed by atoms with van der Waals surface area (Å²) in [5, 5.41) is 2.88. The zero-order valence-electron chi connectivity index (χ0n) is 17.4. The van der Waals surface area contributed by atoms with Gasteiger partial charge in [0.2, 0.25) is 10.0 Å². The van der Waals surface area contributed by atoms with Crippen molar-refractivity contribution >= 4 is 21.6 Å². The van der Waals surface area contributed by atoms with Crippen LogP contribution in [-0.4, -0.2) is 39.8 Å². The molecule has 0 saturated carbocycles. The number of carbonyl (C=O) groups excluding carboxylic acids is 1. The van der Waals surface area contributed by atoms with Crippen LogP contribution in [0.1, 0.15) is 42.6 Å². The standard InChI is InChI=1S/C22H28N2O5S/c1-3-28-20-11-10-17(14-21(20)29-4-2)16-23-22(25)18-8-7-9-19(15-18)24-12-5-6-13-30(24,26)27/h7-11,14-15H,3-6,12-13,16H2,1-2H3,(H,23,25). The summed E-state index contributed by atoms with van der Waals surface area (Å²) in [6.45, 7) is 5.63. The first-order valence-electron chi connectivity index (χ1n) is 10.2. The minimum atomic E-state index is -3.32. The van der Waals surface area contributed by atoms with Crippen LogP contribution in [0.15, 0.2) is 42.5 Å². The summed E-state index contributed by atoms with van der Waals surface area (Å²) in [5.74, 6) is 1.19. The monoisotopic (exact) mass is 432 g/mol. The van der Waals surface area contributed by atoms with Gasteiger partial charge in [0.25, 0.3) is 5.91 Å². The third-order valence-electron chi connectivity index (χ3n) is 4.81. The molecule has 162 valence electrons. The topological polar surface area (TPSA) is 84.9 Å². The Morgan fingerprint density at radius 1 is 1.03 bits per heavy atom. The van der Waals surface area contributed by atoms with Gasteiger partial charge in [-0.05, 0) is 62.6 Å². The molecule has 1 amide bonds. The summed E-state index contributed by atoms with van der Waals surface area (Å²) < 4.78 is 37.3. The average Bonchev–Trinajstić information content (AvgIpc) is 2.73. The molecule has 8 heteroatoms. The van der Waals surface area contributed by atoms with Crippen molar-refractivity contribution in [2.75, 3.05) is 29.8 Å². The lowest BCUT2D eigenvalue weighted by atomic mass is 10.1. The van der Waals surface area contributed by atoms with Crippen LogP contribution in [0.5, 0.6) is 11.5 Å². The largest absolute Gasteiger partial charge is 0.490 e. The maximum atomic E-state index is 12.7. The van der Waals surface area contributed by atoms with Crippen LogP contribution in [0.25, 0.3) is 0 Å². The number of benzene rings is 2. The summed E-state index contributed by atoms with van der Waals surface area (Å²) >= 11 is 0. The van der Waals surface area contributed by atoms with Crippen molar-refractivity contribution in [2.45, 2.75) is 33.2 Å². The predicted molar refractivity (Wildman–Crippen MR) is 117 cm³/mol. The van der Waals surface area contributed by atoms with E-state index in [0.717, 1.165) is 12.0 Å². The van der Waals surface area contributed by atoms with Crippen molar-refractivity contribution in [3.8, 4) is 11.5 Å². The molecule has 1 heterocycles. The minimum absolute atomic E-state index is 0.142. The minimum Gasteiger partial charge on any atom is -0.490 e. The molecule has 0 unspecified atom stereocenters. The second kappa shape index (κ2) is 9.84. The molecule has 1 saturated heterocycles. The van der Waals surface area contributed by atoms with E-state index in [2.05, 4.69) is 5.32 Å². The maximum Gasteiger partial charge on any atom is 0.251 e. The molecule has 0 bridgehead atoms. The second-order valence-corrected chi connectivity index (χ2v) is 8.99. The third-order valence-corrected chi connectivity index (χ3v) is 6.68. The molecule has 2 aromatic carbocycles. The van der Waals surface area contributed by atoms with Gasteiger partial charge in [0.15, 0.2) is 11.5 Å². The summed E-state index contributed by atoms with van der Waals surface area (Å²) in [4.78, 5) is 12.7. The Balaban J connectivity index is 1.70. The number of hydrogen-bond donors (Lipinski definition) is 1. The Bertz CT molecular complexity index is 991. The van der Waals surface area contributed by atoms with Crippen LogP contribution < -0.4 is 19.1 Å². The zero-order chi connectivity index (χ0) is 21.6. The highest BCUT2D eigenvalue weighted by atomic mass is 32.2. The quantitative estimate of drug-likeness (QED) is 0.692. The van der Waals surface area contributed by atoms with Gasteiger partial charge in [0.1, 0.15) is 0 Å². The Kier molecular flexibility index (Phi) is 7.20. The molecule has 1 aliphatic rings. The summed E-state index contributed by atoms with van der Waals surface area (Å²) in [6, 6.07) is 12.3. The zero-order valence-corrected chi connectivity index (χ0v) is 18.2. The number of ether oxygens (including phenoxy) is 2. The molecule has 1 fully saturated rings. The summed E-state index contributed by atoms with van der Waals surface area (Å²) in [5.41, 5.74) is 1.83. The van der Waals surface area contributed by atoms with Gasteiger partial charge >= 0.3 is 0 Å². The van der Waals surface area contributed by atoms with Crippen molar-refractivity contribution in [3.05, 3.63) is 53.6 Å². The van der Waals surface area contributed by atoms with Crippen LogP contribution in [0.2, 0.25) is 0 Å². The van der Waals surface area contributed by atoms with Crippen LogP contribution >= 0.6 is 0 Å². The van der Waals surface area contributed by atoms with Gasteiger partial charge in [-0.25, -0.2) is 8.42 Å². The molecule has 1 N–H and O–H groups in total. The molecule has 0 aliphatic carbocycles. The van der Waals surface area contributed by atoms with E-state index in [0.29, 0.717) is 55.5 Å². The van der Waals surface area contributed by atoms with E-state index in [1.54, 1.807) is 24.3 Å². The highest BCUT2D eigenvalue weighted by Gasteiger charge is 2.26. The number of anilines is 1. The van der Waals surface area contributed by atoms with Gasteiger partial charge in [0, 0.05) is 18.7 Å². The van der Waals surface area contributed by atoms with Crippen LogP contribution in [0.4, 0.5) is 5.69 Å². The molecule has 3 rings (SSSR count). The summed E-state index contributed by atoms with van der Waals surface area (Å²) in [6.07, 6.45) is 1.49. The third kappa shape index (κ3) is 5.24.